The van der Waals surface area contributed by atoms with Crippen LogP contribution in [0, 0.1) is 6.92 Å². The molecule has 0 spiro atoms. The van der Waals surface area contributed by atoms with Crippen LogP contribution in [0.1, 0.15) is 29.9 Å². The van der Waals surface area contributed by atoms with Crippen LogP contribution in [0.15, 0.2) is 30.6 Å². The number of amides is 1. The molecule has 0 saturated heterocycles. The molecule has 0 bridgehead atoms. The first-order valence-corrected chi connectivity index (χ1v) is 6.58. The Morgan fingerprint density at radius 2 is 1.95 bits per heavy atom. The van der Waals surface area contributed by atoms with Gasteiger partial charge in [-0.1, -0.05) is 0 Å². The maximum Gasteiger partial charge on any atom is 0.257 e. The minimum absolute atomic E-state index is 0.151. The topological polar surface area (TPSA) is 105 Å². The van der Waals surface area contributed by atoms with Gasteiger partial charge in [0.2, 0.25) is 5.79 Å². The maximum absolute atomic E-state index is 12.2. The van der Waals surface area contributed by atoms with Crippen molar-refractivity contribution in [2.75, 3.05) is 5.32 Å². The number of phenolic OH excluding ortho intramolecular Hbond substituents is 1. The highest BCUT2D eigenvalue weighted by Crippen LogP contribution is 2.25. The van der Waals surface area contributed by atoms with Gasteiger partial charge in [-0.25, -0.2) is 4.98 Å². The van der Waals surface area contributed by atoms with Gasteiger partial charge in [0.05, 0.1) is 18.1 Å². The predicted octanol–water partition coefficient (Wildman–Crippen LogP) is 1.85. The Balaban J connectivity index is 2.20. The molecule has 7 nitrogen and oxygen atoms in total. The third-order valence-corrected chi connectivity index (χ3v) is 2.54. The predicted molar refractivity (Wildman–Crippen MR) is 79.8 cm³/mol. The molecule has 1 aromatic carbocycles. The first kappa shape index (κ1) is 15.7. The Labute approximate surface area is 127 Å². The second kappa shape index (κ2) is 5.98. The summed E-state index contributed by atoms with van der Waals surface area (Å²) in [6, 6.07) is 4.00. The van der Waals surface area contributed by atoms with Crippen molar-refractivity contribution in [3.05, 3.63) is 41.9 Å². The van der Waals surface area contributed by atoms with Gasteiger partial charge in [-0.05, 0) is 19.1 Å². The summed E-state index contributed by atoms with van der Waals surface area (Å²) in [5, 5.41) is 21.9. The van der Waals surface area contributed by atoms with Crippen molar-refractivity contribution >= 4 is 11.7 Å². The third-order valence-electron chi connectivity index (χ3n) is 2.54. The summed E-state index contributed by atoms with van der Waals surface area (Å²) in [4.78, 5) is 20.2. The van der Waals surface area contributed by atoms with E-state index in [0.29, 0.717) is 5.82 Å². The van der Waals surface area contributed by atoms with Gasteiger partial charge in [0, 0.05) is 25.5 Å². The van der Waals surface area contributed by atoms with Crippen molar-refractivity contribution in [3.63, 3.8) is 0 Å². The number of aromatic hydroxyl groups is 1. The molecule has 1 heterocycles. The van der Waals surface area contributed by atoms with Crippen LogP contribution >= 0.6 is 0 Å². The molecule has 1 amide bonds. The lowest BCUT2D eigenvalue weighted by Gasteiger charge is -2.20. The number of aliphatic hydroxyl groups is 1. The second-order valence-electron chi connectivity index (χ2n) is 5.26. The van der Waals surface area contributed by atoms with Crippen molar-refractivity contribution in [1.29, 1.82) is 0 Å². The van der Waals surface area contributed by atoms with Crippen LogP contribution in [0.5, 0.6) is 11.5 Å². The van der Waals surface area contributed by atoms with E-state index in [2.05, 4.69) is 15.3 Å². The highest BCUT2D eigenvalue weighted by Gasteiger charge is 2.17. The Bertz CT molecular complexity index is 678. The maximum atomic E-state index is 12.2. The highest BCUT2D eigenvalue weighted by atomic mass is 16.6. The lowest BCUT2D eigenvalue weighted by atomic mass is 10.2. The van der Waals surface area contributed by atoms with Crippen LogP contribution in [-0.2, 0) is 0 Å². The molecule has 1 aromatic heterocycles. The average molecular weight is 303 g/mol. The smallest absolute Gasteiger partial charge is 0.257 e. The summed E-state index contributed by atoms with van der Waals surface area (Å²) in [5.74, 6) is -1.59. The van der Waals surface area contributed by atoms with E-state index in [1.54, 1.807) is 6.92 Å². The van der Waals surface area contributed by atoms with E-state index in [-0.39, 0.29) is 17.1 Å². The fourth-order valence-corrected chi connectivity index (χ4v) is 1.71. The molecule has 0 atom stereocenters. The number of hydrogen-bond donors (Lipinski definition) is 3. The molecule has 2 rings (SSSR count). The van der Waals surface area contributed by atoms with Crippen molar-refractivity contribution in [2.45, 2.75) is 26.6 Å². The van der Waals surface area contributed by atoms with Crippen molar-refractivity contribution in [3.8, 4) is 11.5 Å². The van der Waals surface area contributed by atoms with Crippen molar-refractivity contribution < 1.29 is 19.7 Å². The highest BCUT2D eigenvalue weighted by molar-refractivity contribution is 6.04. The standard InChI is InChI=1S/C15H17N3O4/c1-9-7-17-13(8-16-9)18-14(20)10-4-11(19)6-12(5-10)22-15(2,3)21/h4-8,19,21H,1-3H3,(H,17,18,20). The van der Waals surface area contributed by atoms with Gasteiger partial charge in [0.1, 0.15) is 11.5 Å². The van der Waals surface area contributed by atoms with E-state index in [1.165, 1.54) is 44.4 Å². The number of carbonyl (C=O) groups excluding carboxylic acids is 1. The van der Waals surface area contributed by atoms with Crippen LogP contribution in [0.3, 0.4) is 0 Å². The summed E-state index contributed by atoms with van der Waals surface area (Å²) < 4.78 is 5.23. The molecule has 0 radical (unpaired) electrons. The summed E-state index contributed by atoms with van der Waals surface area (Å²) >= 11 is 0. The summed E-state index contributed by atoms with van der Waals surface area (Å²) in [5.41, 5.74) is 0.901. The van der Waals surface area contributed by atoms with Gasteiger partial charge in [-0.3, -0.25) is 9.78 Å². The van der Waals surface area contributed by atoms with Gasteiger partial charge >= 0.3 is 0 Å². The largest absolute Gasteiger partial charge is 0.508 e. The molecule has 0 aliphatic carbocycles. The SMILES string of the molecule is Cc1cnc(NC(=O)c2cc(O)cc(OC(C)(C)O)c2)cn1. The van der Waals surface area contributed by atoms with Crippen molar-refractivity contribution in [1.82, 2.24) is 9.97 Å². The fraction of sp³-hybridized carbons (Fsp3) is 0.267. The molecule has 0 unspecified atom stereocenters. The second-order valence-corrected chi connectivity index (χ2v) is 5.26. The quantitative estimate of drug-likeness (QED) is 0.745. The van der Waals surface area contributed by atoms with Crippen LogP contribution in [0.2, 0.25) is 0 Å². The molecular formula is C15H17N3O4. The molecule has 7 heteroatoms. The average Bonchev–Trinajstić information content (AvgIpc) is 2.38. The van der Waals surface area contributed by atoms with Crippen molar-refractivity contribution in [2.24, 2.45) is 0 Å². The van der Waals surface area contributed by atoms with Gasteiger partial charge in [-0.15, -0.1) is 0 Å². The number of aromatic nitrogens is 2. The number of nitrogens with zero attached hydrogens (tertiary/aromatic N) is 2. The number of carbonyl (C=O) groups is 1. The zero-order chi connectivity index (χ0) is 16.3. The van der Waals surface area contributed by atoms with E-state index < -0.39 is 11.7 Å². The monoisotopic (exact) mass is 303 g/mol. The molecular weight excluding hydrogens is 286 g/mol. The number of phenols is 1. The van der Waals surface area contributed by atoms with E-state index in [1.807, 2.05) is 0 Å². The third kappa shape index (κ3) is 4.42. The number of ether oxygens (including phenoxy) is 1. The Morgan fingerprint density at radius 1 is 1.23 bits per heavy atom. The number of rotatable bonds is 4. The first-order valence-electron chi connectivity index (χ1n) is 6.58. The van der Waals surface area contributed by atoms with E-state index in [0.717, 1.165) is 5.69 Å². The van der Waals surface area contributed by atoms with Crippen LogP contribution < -0.4 is 10.1 Å². The lowest BCUT2D eigenvalue weighted by molar-refractivity contribution is -0.104. The van der Waals surface area contributed by atoms with E-state index in [9.17, 15) is 15.0 Å². The first-order chi connectivity index (χ1) is 10.2. The molecule has 0 aliphatic heterocycles. The number of aryl methyl sites for hydroxylation is 1. The summed E-state index contributed by atoms with van der Waals surface area (Å²) in [6.45, 7) is 4.67. The minimum Gasteiger partial charge on any atom is -0.508 e. The number of benzene rings is 1. The fourth-order valence-electron chi connectivity index (χ4n) is 1.71. The molecule has 0 fully saturated rings. The number of nitrogens with one attached hydrogen (secondary N) is 1. The molecule has 0 aliphatic rings. The summed E-state index contributed by atoms with van der Waals surface area (Å²) in [7, 11) is 0. The van der Waals surface area contributed by atoms with Gasteiger partial charge in [0.25, 0.3) is 5.91 Å². The molecule has 0 saturated carbocycles. The van der Waals surface area contributed by atoms with Crippen LogP contribution in [0.4, 0.5) is 5.82 Å². The molecule has 3 N–H and O–H groups in total. The Kier molecular flexibility index (Phi) is 4.27. The minimum atomic E-state index is -1.43. The molecule has 116 valence electrons. The van der Waals surface area contributed by atoms with E-state index in [4.69, 9.17) is 4.74 Å². The van der Waals surface area contributed by atoms with Gasteiger partial charge in [0.15, 0.2) is 5.82 Å². The van der Waals surface area contributed by atoms with Gasteiger partial charge in [-0.2, -0.15) is 0 Å². The Morgan fingerprint density at radius 3 is 2.55 bits per heavy atom. The zero-order valence-electron chi connectivity index (χ0n) is 12.5. The summed E-state index contributed by atoms with van der Waals surface area (Å²) in [6.07, 6.45) is 2.96. The lowest BCUT2D eigenvalue weighted by Crippen LogP contribution is -2.27. The van der Waals surface area contributed by atoms with Gasteiger partial charge < -0.3 is 20.3 Å². The van der Waals surface area contributed by atoms with Crippen LogP contribution in [0.25, 0.3) is 0 Å². The Hall–Kier alpha value is -2.67. The number of hydrogen-bond acceptors (Lipinski definition) is 6. The van der Waals surface area contributed by atoms with E-state index >= 15 is 0 Å². The molecule has 22 heavy (non-hydrogen) atoms. The van der Waals surface area contributed by atoms with Crippen LogP contribution in [-0.4, -0.2) is 31.9 Å². The molecule has 2 aromatic rings. The number of anilines is 1. The zero-order valence-corrected chi connectivity index (χ0v) is 12.5. The normalized spacial score (nSPS) is 11.1.